The van der Waals surface area contributed by atoms with Gasteiger partial charge in [0, 0.05) is 11.3 Å². The third kappa shape index (κ3) is 3.52. The summed E-state index contributed by atoms with van der Waals surface area (Å²) in [4.78, 5) is 4.74. The Morgan fingerprint density at radius 1 is 1.43 bits per heavy atom. The number of thioether (sulfide) groups is 1. The molecule has 1 heterocycles. The number of hydrogen-bond acceptors (Lipinski definition) is 2. The fraction of sp³-hybridized carbons (Fsp3) is 0.909. The molecule has 1 aliphatic heterocycles. The zero-order chi connectivity index (χ0) is 10.6. The quantitative estimate of drug-likeness (QED) is 0.781. The first-order valence-corrected chi connectivity index (χ1v) is 6.54. The molecule has 1 rings (SSSR count). The molecule has 1 N–H and O–H groups in total. The lowest BCUT2D eigenvalue weighted by molar-refractivity contribution is 0.444. The van der Waals surface area contributed by atoms with Gasteiger partial charge in [-0.05, 0) is 33.1 Å². The van der Waals surface area contributed by atoms with Crippen LogP contribution in [0.3, 0.4) is 0 Å². The van der Waals surface area contributed by atoms with Crippen LogP contribution in [0.5, 0.6) is 0 Å². The van der Waals surface area contributed by atoms with Crippen LogP contribution in [0.25, 0.3) is 0 Å². The largest absolute Gasteiger partial charge is 0.360 e. The summed E-state index contributed by atoms with van der Waals surface area (Å²) < 4.78 is 0. The summed E-state index contributed by atoms with van der Waals surface area (Å²) >= 11 is 1.86. The van der Waals surface area contributed by atoms with Gasteiger partial charge in [0.15, 0.2) is 5.17 Å². The van der Waals surface area contributed by atoms with Crippen LogP contribution < -0.4 is 5.32 Å². The summed E-state index contributed by atoms with van der Waals surface area (Å²) in [7, 11) is 0. The molecule has 14 heavy (non-hydrogen) atoms. The molecule has 0 radical (unpaired) electrons. The summed E-state index contributed by atoms with van der Waals surface area (Å²) in [6.07, 6.45) is 3.50. The van der Waals surface area contributed by atoms with E-state index >= 15 is 0 Å². The Morgan fingerprint density at radius 2 is 2.07 bits per heavy atom. The van der Waals surface area contributed by atoms with Crippen LogP contribution in [0.4, 0.5) is 0 Å². The Hall–Kier alpha value is -0.180. The predicted molar refractivity (Wildman–Crippen MR) is 66.1 cm³/mol. The van der Waals surface area contributed by atoms with Crippen LogP contribution in [0, 0.1) is 0 Å². The van der Waals surface area contributed by atoms with Crippen molar-refractivity contribution < 1.29 is 0 Å². The molecule has 0 amide bonds. The lowest BCUT2D eigenvalue weighted by Crippen LogP contribution is -2.46. The van der Waals surface area contributed by atoms with Crippen molar-refractivity contribution in [3.05, 3.63) is 0 Å². The first-order valence-electron chi connectivity index (χ1n) is 5.56. The lowest BCUT2D eigenvalue weighted by Gasteiger charge is -2.32. The molecule has 0 unspecified atom stereocenters. The van der Waals surface area contributed by atoms with Crippen molar-refractivity contribution in [2.45, 2.75) is 58.5 Å². The van der Waals surface area contributed by atoms with E-state index in [2.05, 4.69) is 33.0 Å². The minimum atomic E-state index is 0.232. The molecule has 0 saturated carbocycles. The maximum absolute atomic E-state index is 4.74. The van der Waals surface area contributed by atoms with E-state index < -0.39 is 0 Å². The van der Waals surface area contributed by atoms with Gasteiger partial charge >= 0.3 is 0 Å². The molecule has 1 saturated heterocycles. The Balaban J connectivity index is 2.58. The van der Waals surface area contributed by atoms with Crippen molar-refractivity contribution in [1.29, 1.82) is 0 Å². The summed E-state index contributed by atoms with van der Waals surface area (Å²) in [6.45, 7) is 8.90. The highest BCUT2D eigenvalue weighted by molar-refractivity contribution is 8.13. The second kappa shape index (κ2) is 5.06. The highest BCUT2D eigenvalue weighted by atomic mass is 32.2. The van der Waals surface area contributed by atoms with Gasteiger partial charge in [-0.1, -0.05) is 25.6 Å². The van der Waals surface area contributed by atoms with Crippen molar-refractivity contribution in [3.8, 4) is 0 Å². The van der Waals surface area contributed by atoms with Gasteiger partial charge in [-0.25, -0.2) is 0 Å². The number of rotatable bonds is 3. The van der Waals surface area contributed by atoms with Gasteiger partial charge in [0.2, 0.25) is 0 Å². The molecule has 1 aliphatic rings. The van der Waals surface area contributed by atoms with Gasteiger partial charge < -0.3 is 5.32 Å². The van der Waals surface area contributed by atoms with Gasteiger partial charge in [0.05, 0.1) is 6.04 Å². The topological polar surface area (TPSA) is 24.4 Å². The molecule has 82 valence electrons. The van der Waals surface area contributed by atoms with Gasteiger partial charge in [0.1, 0.15) is 0 Å². The highest BCUT2D eigenvalue weighted by Gasteiger charge is 2.24. The van der Waals surface area contributed by atoms with E-state index in [0.717, 1.165) is 18.0 Å². The molecular formula is C11H22N2S. The number of aliphatic imine (C=N–C) groups is 1. The summed E-state index contributed by atoms with van der Waals surface area (Å²) in [6, 6.07) is 0.499. The van der Waals surface area contributed by atoms with Crippen LogP contribution in [-0.2, 0) is 0 Å². The number of hydrogen-bond donors (Lipinski definition) is 1. The van der Waals surface area contributed by atoms with Gasteiger partial charge in [-0.15, -0.1) is 0 Å². The predicted octanol–water partition coefficient (Wildman–Crippen LogP) is 3.04. The smallest absolute Gasteiger partial charge is 0.157 e. The standard InChI is InChI=1S/C11H22N2S/c1-5-9(6-2)12-10-13-11(3,4)7-8-14-10/h9H,5-8H2,1-4H3,(H,12,13). The maximum atomic E-state index is 4.74. The highest BCUT2D eigenvalue weighted by Crippen LogP contribution is 2.22. The average molecular weight is 214 g/mol. The zero-order valence-corrected chi connectivity index (χ0v) is 10.6. The lowest BCUT2D eigenvalue weighted by atomic mass is 10.0. The van der Waals surface area contributed by atoms with Crippen molar-refractivity contribution in [2.24, 2.45) is 4.99 Å². The first kappa shape index (κ1) is 11.9. The third-order valence-electron chi connectivity index (χ3n) is 2.65. The van der Waals surface area contributed by atoms with E-state index in [4.69, 9.17) is 4.99 Å². The molecular weight excluding hydrogens is 192 g/mol. The molecule has 2 nitrogen and oxygen atoms in total. The van der Waals surface area contributed by atoms with Crippen LogP contribution in [0.2, 0.25) is 0 Å². The van der Waals surface area contributed by atoms with Crippen molar-refractivity contribution in [1.82, 2.24) is 5.32 Å². The maximum Gasteiger partial charge on any atom is 0.157 e. The summed E-state index contributed by atoms with van der Waals surface area (Å²) in [5.41, 5.74) is 0.232. The van der Waals surface area contributed by atoms with E-state index in [-0.39, 0.29) is 5.54 Å². The third-order valence-corrected chi connectivity index (χ3v) is 3.54. The van der Waals surface area contributed by atoms with Crippen molar-refractivity contribution >= 4 is 16.9 Å². The zero-order valence-electron chi connectivity index (χ0n) is 9.76. The van der Waals surface area contributed by atoms with E-state index in [1.165, 1.54) is 12.2 Å². The molecule has 3 heteroatoms. The minimum absolute atomic E-state index is 0.232. The number of nitrogens with zero attached hydrogens (tertiary/aromatic N) is 1. The van der Waals surface area contributed by atoms with Crippen LogP contribution >= 0.6 is 11.8 Å². The fourth-order valence-corrected chi connectivity index (χ4v) is 2.88. The van der Waals surface area contributed by atoms with Crippen molar-refractivity contribution in [3.63, 3.8) is 0 Å². The molecule has 0 spiro atoms. The Labute approximate surface area is 92.0 Å². The second-order valence-electron chi connectivity index (χ2n) is 4.51. The van der Waals surface area contributed by atoms with Gasteiger partial charge in [0.25, 0.3) is 0 Å². The Bertz CT molecular complexity index is 207. The SMILES string of the molecule is CCC(CC)N=C1NC(C)(C)CCS1. The van der Waals surface area contributed by atoms with E-state index in [9.17, 15) is 0 Å². The summed E-state index contributed by atoms with van der Waals surface area (Å²) in [5.74, 6) is 1.19. The number of nitrogens with one attached hydrogen (secondary N) is 1. The van der Waals surface area contributed by atoms with Crippen LogP contribution in [0.15, 0.2) is 4.99 Å². The Kier molecular flexibility index (Phi) is 4.30. The normalized spacial score (nSPS) is 23.9. The summed E-state index contributed by atoms with van der Waals surface area (Å²) in [5, 5.41) is 4.65. The van der Waals surface area contributed by atoms with Crippen molar-refractivity contribution in [2.75, 3.05) is 5.75 Å². The monoisotopic (exact) mass is 214 g/mol. The first-order chi connectivity index (χ1) is 6.57. The van der Waals surface area contributed by atoms with E-state index in [1.807, 2.05) is 11.8 Å². The molecule has 1 fully saturated rings. The van der Waals surface area contributed by atoms with E-state index in [1.54, 1.807) is 0 Å². The molecule has 0 aliphatic carbocycles. The Morgan fingerprint density at radius 3 is 2.57 bits per heavy atom. The molecule has 0 bridgehead atoms. The molecule has 0 aromatic heterocycles. The van der Waals surface area contributed by atoms with Crippen LogP contribution in [0.1, 0.15) is 47.0 Å². The second-order valence-corrected chi connectivity index (χ2v) is 5.60. The minimum Gasteiger partial charge on any atom is -0.360 e. The molecule has 0 atom stereocenters. The molecule has 0 aromatic carbocycles. The van der Waals surface area contributed by atoms with Gasteiger partial charge in [-0.2, -0.15) is 0 Å². The molecule has 0 aromatic rings. The van der Waals surface area contributed by atoms with E-state index in [0.29, 0.717) is 6.04 Å². The van der Waals surface area contributed by atoms with Crippen LogP contribution in [-0.4, -0.2) is 22.5 Å². The van der Waals surface area contributed by atoms with Gasteiger partial charge in [-0.3, -0.25) is 4.99 Å². The fourth-order valence-electron chi connectivity index (χ4n) is 1.50. The average Bonchev–Trinajstić information content (AvgIpc) is 2.12. The number of amidine groups is 1.